The second-order valence-electron chi connectivity index (χ2n) is 8.91. The van der Waals surface area contributed by atoms with Crippen molar-refractivity contribution in [1.82, 2.24) is 25.5 Å². The Hall–Kier alpha value is -4.08. The number of ether oxygens (including phenoxy) is 2. The molecule has 0 atom stereocenters. The third-order valence-electron chi connectivity index (χ3n) is 6.44. The number of carbonyl (C=O) groups excluding carboxylic acids is 1. The number of carbonyl (C=O) groups is 1. The molecule has 0 saturated carbocycles. The lowest BCUT2D eigenvalue weighted by molar-refractivity contribution is -0.0282. The molecule has 1 saturated heterocycles. The van der Waals surface area contributed by atoms with Crippen molar-refractivity contribution in [2.75, 3.05) is 31.6 Å². The number of hydrogen-bond donors (Lipinski definition) is 2. The number of aromatic amines is 1. The number of anilines is 1. The second kappa shape index (κ2) is 12.2. The molecule has 1 aliphatic rings. The number of tetrazole rings is 1. The maximum Gasteiger partial charge on any atom is 0.270 e. The molecular weight excluding hydrogens is 468 g/mol. The Balaban J connectivity index is 1.12. The largest absolute Gasteiger partial charge is 0.491 e. The topological polar surface area (TPSA) is 105 Å². The van der Waals surface area contributed by atoms with Crippen LogP contribution in [0.5, 0.6) is 5.75 Å². The lowest BCUT2D eigenvalue weighted by Gasteiger charge is -2.34. The zero-order valence-electron chi connectivity index (χ0n) is 20.5. The zero-order valence-corrected chi connectivity index (χ0v) is 20.5. The van der Waals surface area contributed by atoms with Crippen LogP contribution in [-0.2, 0) is 4.74 Å². The number of rotatable bonds is 10. The average molecular weight is 499 g/mol. The lowest BCUT2D eigenvalue weighted by atomic mass is 10.00. The summed E-state index contributed by atoms with van der Waals surface area (Å²) in [6.07, 6.45) is 2.04. The fourth-order valence-corrected chi connectivity index (χ4v) is 4.52. The van der Waals surface area contributed by atoms with Gasteiger partial charge in [0.25, 0.3) is 11.9 Å². The summed E-state index contributed by atoms with van der Waals surface area (Å²) in [5, 5.41) is 15.9. The number of aromatic nitrogens is 4. The summed E-state index contributed by atoms with van der Waals surface area (Å²) < 4.78 is 12.6. The predicted octanol–water partition coefficient (Wildman–Crippen LogP) is 4.10. The number of amides is 1. The van der Waals surface area contributed by atoms with Crippen molar-refractivity contribution in [3.05, 3.63) is 102 Å². The smallest absolute Gasteiger partial charge is 0.270 e. The predicted molar refractivity (Wildman–Crippen MR) is 139 cm³/mol. The molecule has 0 aliphatic carbocycles. The van der Waals surface area contributed by atoms with Crippen LogP contribution in [0.1, 0.15) is 40.4 Å². The fourth-order valence-electron chi connectivity index (χ4n) is 4.52. The number of piperidine rings is 1. The molecule has 3 aromatic carbocycles. The van der Waals surface area contributed by atoms with Crippen molar-refractivity contribution < 1.29 is 14.3 Å². The van der Waals surface area contributed by atoms with E-state index in [0.717, 1.165) is 32.5 Å². The van der Waals surface area contributed by atoms with Crippen molar-refractivity contribution >= 4 is 11.9 Å². The molecule has 1 fully saturated rings. The Morgan fingerprint density at radius 1 is 0.946 bits per heavy atom. The van der Waals surface area contributed by atoms with Crippen molar-refractivity contribution in [1.29, 1.82) is 0 Å². The number of para-hydroxylation sites is 1. The molecule has 1 amide bonds. The Morgan fingerprint density at radius 3 is 2.24 bits per heavy atom. The monoisotopic (exact) mass is 498 g/mol. The van der Waals surface area contributed by atoms with Crippen LogP contribution in [0, 0.1) is 0 Å². The van der Waals surface area contributed by atoms with E-state index in [9.17, 15) is 4.79 Å². The van der Waals surface area contributed by atoms with Crippen LogP contribution >= 0.6 is 0 Å². The number of likely N-dealkylation sites (tertiary alicyclic amines) is 1. The van der Waals surface area contributed by atoms with Crippen molar-refractivity contribution in [2.24, 2.45) is 0 Å². The van der Waals surface area contributed by atoms with E-state index in [1.54, 1.807) is 18.2 Å². The van der Waals surface area contributed by atoms with Gasteiger partial charge in [-0.3, -0.25) is 15.0 Å². The second-order valence-corrected chi connectivity index (χ2v) is 8.91. The van der Waals surface area contributed by atoms with E-state index in [-0.39, 0.29) is 24.1 Å². The number of H-pyrrole nitrogens is 1. The first-order valence-corrected chi connectivity index (χ1v) is 12.5. The van der Waals surface area contributed by atoms with Crippen LogP contribution in [0.2, 0.25) is 0 Å². The van der Waals surface area contributed by atoms with Crippen LogP contribution in [0.25, 0.3) is 0 Å². The molecule has 5 rings (SSSR count). The molecule has 9 heteroatoms. The van der Waals surface area contributed by atoms with E-state index in [1.807, 2.05) is 18.2 Å². The first kappa shape index (κ1) is 24.6. The van der Waals surface area contributed by atoms with Gasteiger partial charge in [-0.1, -0.05) is 77.9 Å². The Labute approximate surface area is 215 Å². The molecule has 4 aromatic rings. The maximum atomic E-state index is 12.6. The van der Waals surface area contributed by atoms with Gasteiger partial charge in [-0.05, 0) is 41.3 Å². The van der Waals surface area contributed by atoms with E-state index in [4.69, 9.17) is 9.47 Å². The maximum absolute atomic E-state index is 12.6. The van der Waals surface area contributed by atoms with E-state index in [1.165, 1.54) is 11.1 Å². The van der Waals surface area contributed by atoms with Crippen LogP contribution in [0.15, 0.2) is 84.9 Å². The third-order valence-corrected chi connectivity index (χ3v) is 6.44. The molecule has 1 aliphatic heterocycles. The summed E-state index contributed by atoms with van der Waals surface area (Å²) in [5.41, 5.74) is 2.77. The molecule has 0 bridgehead atoms. The molecule has 0 radical (unpaired) electrons. The van der Waals surface area contributed by atoms with Crippen molar-refractivity contribution in [3.8, 4) is 5.75 Å². The van der Waals surface area contributed by atoms with Gasteiger partial charge < -0.3 is 9.47 Å². The average Bonchev–Trinajstić information content (AvgIpc) is 3.47. The summed E-state index contributed by atoms with van der Waals surface area (Å²) in [6, 6.07) is 28.0. The number of benzene rings is 3. The van der Waals surface area contributed by atoms with E-state index in [0.29, 0.717) is 17.9 Å². The summed E-state index contributed by atoms with van der Waals surface area (Å²) in [7, 11) is 0. The third kappa shape index (κ3) is 6.58. The van der Waals surface area contributed by atoms with Crippen LogP contribution in [0.4, 0.5) is 5.95 Å². The Bertz CT molecular complexity index is 1210. The van der Waals surface area contributed by atoms with Gasteiger partial charge >= 0.3 is 0 Å². The van der Waals surface area contributed by atoms with E-state index >= 15 is 0 Å². The molecule has 0 spiro atoms. The van der Waals surface area contributed by atoms with Gasteiger partial charge in [0.2, 0.25) is 0 Å². The molecule has 9 nitrogen and oxygen atoms in total. The molecule has 2 heterocycles. The van der Waals surface area contributed by atoms with Gasteiger partial charge in [0.1, 0.15) is 18.5 Å². The van der Waals surface area contributed by atoms with Gasteiger partial charge in [0.15, 0.2) is 0 Å². The molecule has 37 heavy (non-hydrogen) atoms. The van der Waals surface area contributed by atoms with E-state index in [2.05, 4.69) is 79.4 Å². The Kier molecular flexibility index (Phi) is 8.14. The Morgan fingerprint density at radius 2 is 1.59 bits per heavy atom. The van der Waals surface area contributed by atoms with E-state index < -0.39 is 0 Å². The SMILES string of the molecule is O=C(Nc1nn[nH]n1)c1ccccc1OCCN1CCC(OC(c2ccccc2)c2ccccc2)CC1. The first-order valence-electron chi connectivity index (χ1n) is 12.5. The van der Waals surface area contributed by atoms with Gasteiger partial charge in [-0.2, -0.15) is 5.21 Å². The minimum absolute atomic E-state index is 0.0719. The lowest BCUT2D eigenvalue weighted by Crippen LogP contribution is -2.39. The highest BCUT2D eigenvalue weighted by molar-refractivity contribution is 6.05. The van der Waals surface area contributed by atoms with Gasteiger partial charge in [0, 0.05) is 19.6 Å². The molecule has 0 unspecified atom stereocenters. The van der Waals surface area contributed by atoms with Crippen molar-refractivity contribution in [3.63, 3.8) is 0 Å². The minimum Gasteiger partial charge on any atom is -0.491 e. The summed E-state index contributed by atoms with van der Waals surface area (Å²) >= 11 is 0. The molecular formula is C28H30N6O3. The highest BCUT2D eigenvalue weighted by Crippen LogP contribution is 2.30. The standard InChI is InChI=1S/C28H30N6O3/c35-27(29-28-30-32-33-31-28)24-13-7-8-14-25(24)36-20-19-34-17-15-23(16-18-34)37-26(21-9-3-1-4-10-21)22-11-5-2-6-12-22/h1-14,23,26H,15-20H2,(H2,29,30,31,32,33,35). The number of nitrogens with one attached hydrogen (secondary N) is 2. The van der Waals surface area contributed by atoms with Gasteiger partial charge in [0.05, 0.1) is 11.7 Å². The highest BCUT2D eigenvalue weighted by atomic mass is 16.5. The van der Waals surface area contributed by atoms with Crippen molar-refractivity contribution in [2.45, 2.75) is 25.0 Å². The summed E-state index contributed by atoms with van der Waals surface area (Å²) in [5.74, 6) is 0.295. The first-order chi connectivity index (χ1) is 18.3. The summed E-state index contributed by atoms with van der Waals surface area (Å²) in [6.45, 7) is 3.12. The van der Waals surface area contributed by atoms with Crippen LogP contribution in [0.3, 0.4) is 0 Å². The zero-order chi connectivity index (χ0) is 25.3. The minimum atomic E-state index is -0.346. The highest BCUT2D eigenvalue weighted by Gasteiger charge is 2.25. The van der Waals surface area contributed by atoms with Gasteiger partial charge in [-0.25, -0.2) is 0 Å². The van der Waals surface area contributed by atoms with Gasteiger partial charge in [-0.15, -0.1) is 5.10 Å². The molecule has 190 valence electrons. The fraction of sp³-hybridized carbons (Fsp3) is 0.286. The number of hydrogen-bond acceptors (Lipinski definition) is 7. The quantitative estimate of drug-likeness (QED) is 0.339. The molecule has 2 N–H and O–H groups in total. The molecule has 1 aromatic heterocycles. The number of nitrogens with zero attached hydrogens (tertiary/aromatic N) is 4. The normalized spacial score (nSPS) is 14.5. The van der Waals surface area contributed by atoms with Crippen LogP contribution in [-0.4, -0.2) is 63.8 Å². The van der Waals surface area contributed by atoms with Crippen LogP contribution < -0.4 is 10.1 Å². The summed E-state index contributed by atoms with van der Waals surface area (Å²) in [4.78, 5) is 15.0.